The predicted octanol–water partition coefficient (Wildman–Crippen LogP) is 4.06. The minimum absolute atomic E-state index is 0.0213. The number of nitrogens with one attached hydrogen (secondary N) is 2. The highest BCUT2D eigenvalue weighted by Crippen LogP contribution is 2.40. The summed E-state index contributed by atoms with van der Waals surface area (Å²) in [5.74, 6) is -0.386. The second-order valence-electron chi connectivity index (χ2n) is 8.92. The van der Waals surface area contributed by atoms with Gasteiger partial charge in [-0.25, -0.2) is 13.2 Å². The molecule has 1 aliphatic heterocycles. The lowest BCUT2D eigenvalue weighted by molar-refractivity contribution is -0.137. The number of rotatable bonds is 5. The molecular weight excluding hydrogens is 491 g/mol. The first-order chi connectivity index (χ1) is 16.1. The number of hydrogen-bond donors (Lipinski definition) is 3. The van der Waals surface area contributed by atoms with Gasteiger partial charge in [-0.2, -0.15) is 13.2 Å². The summed E-state index contributed by atoms with van der Waals surface area (Å²) in [5, 5.41) is 13.8. The van der Waals surface area contributed by atoms with Gasteiger partial charge in [0.25, 0.3) is 10.0 Å². The number of hydrogen-bond acceptors (Lipinski definition) is 5. The fraction of sp³-hybridized carbons (Fsp3) is 0.364. The zero-order valence-electron chi connectivity index (χ0n) is 19.0. The number of amides is 2. The van der Waals surface area contributed by atoms with Gasteiger partial charge in [-0.15, -0.1) is 0 Å². The zero-order valence-corrected chi connectivity index (χ0v) is 19.8. The van der Waals surface area contributed by atoms with E-state index in [-0.39, 0.29) is 30.1 Å². The van der Waals surface area contributed by atoms with E-state index in [1.807, 2.05) is 0 Å². The lowest BCUT2D eigenvalue weighted by Gasteiger charge is -2.36. The highest BCUT2D eigenvalue weighted by atomic mass is 32.2. The number of sulfonamides is 1. The van der Waals surface area contributed by atoms with E-state index >= 15 is 0 Å². The first-order valence-corrected chi connectivity index (χ1v) is 11.8. The minimum Gasteiger partial charge on any atom is -0.486 e. The van der Waals surface area contributed by atoms with Crippen molar-refractivity contribution < 1.29 is 41.0 Å². The van der Waals surface area contributed by atoms with Crippen molar-refractivity contribution in [3.63, 3.8) is 0 Å². The summed E-state index contributed by atoms with van der Waals surface area (Å²) in [6.07, 6.45) is -7.34. The Morgan fingerprint density at radius 1 is 1.14 bits per heavy atom. The number of fused-ring (bicyclic) bond motifs is 1. The second-order valence-corrected chi connectivity index (χ2v) is 10.8. The number of halogens is 3. The molecule has 1 aliphatic rings. The van der Waals surface area contributed by atoms with Crippen LogP contribution in [0.15, 0.2) is 47.4 Å². The van der Waals surface area contributed by atoms with E-state index in [1.54, 1.807) is 20.8 Å². The van der Waals surface area contributed by atoms with Crippen molar-refractivity contribution in [2.75, 3.05) is 16.2 Å². The molecule has 2 amide bonds. The molecule has 3 N–H and O–H groups in total. The molecule has 1 unspecified atom stereocenters. The van der Waals surface area contributed by atoms with Crippen LogP contribution in [0.2, 0.25) is 0 Å². The average molecular weight is 516 g/mol. The summed E-state index contributed by atoms with van der Waals surface area (Å²) in [7, 11) is -4.56. The van der Waals surface area contributed by atoms with Crippen LogP contribution in [0, 0.1) is 0 Å². The molecule has 190 valence electrons. The van der Waals surface area contributed by atoms with E-state index in [9.17, 15) is 31.2 Å². The van der Waals surface area contributed by atoms with Crippen LogP contribution in [-0.2, 0) is 21.0 Å². The Labute approximate surface area is 199 Å². The third kappa shape index (κ3) is 6.35. The van der Waals surface area contributed by atoms with Gasteiger partial charge in [-0.1, -0.05) is 6.07 Å². The Kier molecular flexibility index (Phi) is 6.93. The summed E-state index contributed by atoms with van der Waals surface area (Å²) >= 11 is 0. The third-order valence-corrected chi connectivity index (χ3v) is 6.59. The van der Waals surface area contributed by atoms with Crippen molar-refractivity contribution in [3.05, 3.63) is 48.0 Å². The molecule has 0 radical (unpaired) electrons. The lowest BCUT2D eigenvalue weighted by atomic mass is 10.1. The molecule has 1 atom stereocenters. The second kappa shape index (κ2) is 9.29. The summed E-state index contributed by atoms with van der Waals surface area (Å²) in [5.41, 5.74) is -1.76. The molecule has 0 spiro atoms. The summed E-state index contributed by atoms with van der Waals surface area (Å²) in [6.45, 7) is 4.91. The van der Waals surface area contributed by atoms with Gasteiger partial charge in [-0.3, -0.25) is 14.4 Å². The van der Waals surface area contributed by atoms with Crippen LogP contribution in [0.1, 0.15) is 32.8 Å². The highest BCUT2D eigenvalue weighted by Gasteiger charge is 2.38. The normalized spacial score (nSPS) is 16.2. The summed E-state index contributed by atoms with van der Waals surface area (Å²) in [6, 6.07) is 7.13. The van der Waals surface area contributed by atoms with Gasteiger partial charge in [0.2, 0.25) is 5.91 Å². The van der Waals surface area contributed by atoms with E-state index in [2.05, 4.69) is 10.6 Å². The Hall–Kier alpha value is -3.48. The van der Waals surface area contributed by atoms with Gasteiger partial charge in [-0.05, 0) is 57.2 Å². The Balaban J connectivity index is 2.04. The summed E-state index contributed by atoms with van der Waals surface area (Å²) < 4.78 is 73.2. The molecular formula is C22H24F3N3O6S. The number of ether oxygens (including phenoxy) is 1. The van der Waals surface area contributed by atoms with Crippen LogP contribution in [0.25, 0.3) is 0 Å². The van der Waals surface area contributed by atoms with E-state index < -0.39 is 50.3 Å². The summed E-state index contributed by atoms with van der Waals surface area (Å²) in [4.78, 5) is 22.9. The Bertz CT molecular complexity index is 1240. The number of carbonyl (C=O) groups excluding carboxylic acids is 1. The number of nitrogens with zero attached hydrogens (tertiary/aromatic N) is 1. The van der Waals surface area contributed by atoms with Crippen molar-refractivity contribution in [2.45, 2.75) is 49.9 Å². The Morgan fingerprint density at radius 2 is 1.83 bits per heavy atom. The van der Waals surface area contributed by atoms with Crippen LogP contribution >= 0.6 is 0 Å². The molecule has 2 aromatic rings. The van der Waals surface area contributed by atoms with Crippen molar-refractivity contribution in [1.29, 1.82) is 0 Å². The van der Waals surface area contributed by atoms with Gasteiger partial charge in [0.05, 0.1) is 29.1 Å². The lowest BCUT2D eigenvalue weighted by Crippen LogP contribution is -2.47. The van der Waals surface area contributed by atoms with E-state index in [0.717, 1.165) is 22.5 Å². The number of carboxylic acid groups (broad SMARTS) is 1. The van der Waals surface area contributed by atoms with Gasteiger partial charge in [0, 0.05) is 11.2 Å². The number of alkyl halides is 3. The average Bonchev–Trinajstić information content (AvgIpc) is 2.71. The van der Waals surface area contributed by atoms with Crippen LogP contribution in [0.5, 0.6) is 5.75 Å². The van der Waals surface area contributed by atoms with Crippen molar-refractivity contribution in [3.8, 4) is 5.75 Å². The maximum Gasteiger partial charge on any atom is 0.416 e. The van der Waals surface area contributed by atoms with Gasteiger partial charge in [0.15, 0.2) is 0 Å². The van der Waals surface area contributed by atoms with E-state index in [0.29, 0.717) is 6.07 Å². The predicted molar refractivity (Wildman–Crippen MR) is 121 cm³/mol. The smallest absolute Gasteiger partial charge is 0.416 e. The van der Waals surface area contributed by atoms with E-state index in [4.69, 9.17) is 9.84 Å². The molecule has 9 nitrogen and oxygen atoms in total. The Morgan fingerprint density at radius 3 is 2.43 bits per heavy atom. The first-order valence-electron chi connectivity index (χ1n) is 10.4. The minimum atomic E-state index is -4.76. The molecule has 13 heteroatoms. The SMILES string of the molecule is CC(C)(C)NC(=O)CC1CN(S(=O)(=O)c2cccc(C(F)(F)F)c2)c2cc(NC(=O)O)ccc2O1. The molecule has 0 aliphatic carbocycles. The molecule has 0 bridgehead atoms. The first kappa shape index (κ1) is 26.1. The monoisotopic (exact) mass is 515 g/mol. The van der Waals surface area contributed by atoms with Gasteiger partial charge < -0.3 is 15.2 Å². The van der Waals surface area contributed by atoms with Crippen LogP contribution in [0.3, 0.4) is 0 Å². The van der Waals surface area contributed by atoms with Gasteiger partial charge in [0.1, 0.15) is 11.9 Å². The van der Waals surface area contributed by atoms with Crippen LogP contribution in [0.4, 0.5) is 29.3 Å². The maximum atomic E-state index is 13.5. The molecule has 3 rings (SSSR count). The molecule has 1 heterocycles. The van der Waals surface area contributed by atoms with Crippen LogP contribution in [-0.4, -0.2) is 43.7 Å². The van der Waals surface area contributed by atoms with Crippen molar-refractivity contribution >= 4 is 33.4 Å². The molecule has 0 fully saturated rings. The van der Waals surface area contributed by atoms with Crippen LogP contribution < -0.4 is 19.7 Å². The van der Waals surface area contributed by atoms with E-state index in [1.165, 1.54) is 18.2 Å². The number of benzene rings is 2. The zero-order chi connectivity index (χ0) is 26.2. The largest absolute Gasteiger partial charge is 0.486 e. The van der Waals surface area contributed by atoms with Gasteiger partial charge >= 0.3 is 12.3 Å². The fourth-order valence-corrected chi connectivity index (χ4v) is 5.03. The van der Waals surface area contributed by atoms with Crippen molar-refractivity contribution in [1.82, 2.24) is 5.32 Å². The number of anilines is 2. The topological polar surface area (TPSA) is 125 Å². The maximum absolute atomic E-state index is 13.5. The molecule has 2 aromatic carbocycles. The number of carbonyl (C=O) groups is 2. The molecule has 0 saturated heterocycles. The molecule has 0 aromatic heterocycles. The third-order valence-electron chi connectivity index (χ3n) is 4.82. The highest BCUT2D eigenvalue weighted by molar-refractivity contribution is 7.92. The standard InChI is InChI=1S/C22H24F3N3O6S/c1-21(2,3)27-19(29)11-15-12-28(17-10-14(26-20(30)31)7-8-18(17)34-15)35(32,33)16-6-4-5-13(9-16)22(23,24)25/h4-10,15,26H,11-12H2,1-3H3,(H,27,29)(H,30,31). The fourth-order valence-electron chi connectivity index (χ4n) is 3.48. The molecule has 0 saturated carbocycles. The molecule has 35 heavy (non-hydrogen) atoms. The quantitative estimate of drug-likeness (QED) is 0.552. The van der Waals surface area contributed by atoms with Crippen molar-refractivity contribution in [2.24, 2.45) is 0 Å².